The Kier molecular flexibility index (Phi) is 3.46. The summed E-state index contributed by atoms with van der Waals surface area (Å²) in [7, 11) is 0. The minimum atomic E-state index is 0.109. The normalized spacial score (nSPS) is 18.5. The lowest BCUT2D eigenvalue weighted by Gasteiger charge is -2.30. The molecule has 108 valence electrons. The predicted molar refractivity (Wildman–Crippen MR) is 79.9 cm³/mol. The number of piperidine rings is 1. The first-order valence-corrected chi connectivity index (χ1v) is 6.90. The molecule has 3 rings (SSSR count). The van der Waals surface area contributed by atoms with Crippen molar-refractivity contribution in [1.29, 1.82) is 5.26 Å². The van der Waals surface area contributed by atoms with Crippen LogP contribution in [0.2, 0.25) is 0 Å². The predicted octanol–water partition coefficient (Wildman–Crippen LogP) is 0.649. The number of nitrogen functional groups attached to an aromatic ring is 1. The van der Waals surface area contributed by atoms with Crippen molar-refractivity contribution in [3.63, 3.8) is 0 Å². The van der Waals surface area contributed by atoms with Gasteiger partial charge in [-0.1, -0.05) is 0 Å². The van der Waals surface area contributed by atoms with Crippen LogP contribution in [-0.4, -0.2) is 33.9 Å². The van der Waals surface area contributed by atoms with E-state index >= 15 is 0 Å². The molecule has 4 N–H and O–H groups in total. The first-order valence-electron chi connectivity index (χ1n) is 6.90. The van der Waals surface area contributed by atoms with Crippen LogP contribution in [0.4, 0.5) is 11.6 Å². The van der Waals surface area contributed by atoms with E-state index in [-0.39, 0.29) is 6.04 Å². The number of pyridine rings is 1. The lowest BCUT2D eigenvalue weighted by molar-refractivity contribution is 0.502. The van der Waals surface area contributed by atoms with Gasteiger partial charge in [-0.25, -0.2) is 4.68 Å². The van der Waals surface area contributed by atoms with Gasteiger partial charge in [0.15, 0.2) is 5.82 Å². The van der Waals surface area contributed by atoms with Crippen molar-refractivity contribution in [1.82, 2.24) is 14.8 Å². The summed E-state index contributed by atoms with van der Waals surface area (Å²) in [6.07, 6.45) is 5.32. The fraction of sp³-hybridized carbons (Fsp3) is 0.357. The largest absolute Gasteiger partial charge is 0.382 e. The maximum Gasteiger partial charge on any atom is 0.171 e. The number of nitriles is 1. The van der Waals surface area contributed by atoms with Gasteiger partial charge >= 0.3 is 0 Å². The van der Waals surface area contributed by atoms with Crippen molar-refractivity contribution in [2.45, 2.75) is 18.9 Å². The average Bonchev–Trinajstić information content (AvgIpc) is 2.85. The van der Waals surface area contributed by atoms with E-state index < -0.39 is 0 Å². The van der Waals surface area contributed by atoms with Gasteiger partial charge in [-0.2, -0.15) is 5.26 Å². The van der Waals surface area contributed by atoms with Crippen LogP contribution in [-0.2, 0) is 0 Å². The number of nitrogens with zero attached hydrogens (tertiary/aromatic N) is 5. The van der Waals surface area contributed by atoms with E-state index in [0.717, 1.165) is 25.1 Å². The number of hydrogen-bond donors (Lipinski definition) is 2. The highest BCUT2D eigenvalue weighted by Crippen LogP contribution is 2.28. The molecule has 21 heavy (non-hydrogen) atoms. The van der Waals surface area contributed by atoms with Crippen LogP contribution >= 0.6 is 0 Å². The van der Waals surface area contributed by atoms with Crippen molar-refractivity contribution >= 4 is 11.6 Å². The van der Waals surface area contributed by atoms with Crippen molar-refractivity contribution in [2.24, 2.45) is 5.73 Å². The lowest BCUT2D eigenvalue weighted by atomic mass is 10.1. The maximum absolute atomic E-state index is 9.40. The van der Waals surface area contributed by atoms with Crippen LogP contribution in [0.5, 0.6) is 0 Å². The monoisotopic (exact) mass is 283 g/mol. The summed E-state index contributed by atoms with van der Waals surface area (Å²) in [5, 5.41) is 13.9. The van der Waals surface area contributed by atoms with Crippen LogP contribution < -0.4 is 16.4 Å². The Morgan fingerprint density at radius 3 is 2.76 bits per heavy atom. The van der Waals surface area contributed by atoms with Gasteiger partial charge in [-0.05, 0) is 25.0 Å². The zero-order valence-corrected chi connectivity index (χ0v) is 11.6. The summed E-state index contributed by atoms with van der Waals surface area (Å²) in [6.45, 7) is 1.54. The van der Waals surface area contributed by atoms with E-state index in [1.165, 1.54) is 0 Å². The van der Waals surface area contributed by atoms with E-state index in [2.05, 4.69) is 16.2 Å². The second kappa shape index (κ2) is 5.42. The molecule has 7 heteroatoms. The van der Waals surface area contributed by atoms with Crippen LogP contribution in [0.1, 0.15) is 18.4 Å². The van der Waals surface area contributed by atoms with Crippen LogP contribution in [0, 0.1) is 11.3 Å². The zero-order chi connectivity index (χ0) is 14.8. The van der Waals surface area contributed by atoms with E-state index in [1.54, 1.807) is 29.2 Å². The van der Waals surface area contributed by atoms with Crippen molar-refractivity contribution in [2.75, 3.05) is 23.7 Å². The number of nitrogens with two attached hydrogens (primary N) is 2. The summed E-state index contributed by atoms with van der Waals surface area (Å²) in [4.78, 5) is 6.02. The Bertz CT molecular complexity index is 671. The molecule has 0 radical (unpaired) electrons. The van der Waals surface area contributed by atoms with Gasteiger partial charge in [0.1, 0.15) is 17.5 Å². The second-order valence-corrected chi connectivity index (χ2v) is 5.16. The third-order valence-corrected chi connectivity index (χ3v) is 3.68. The minimum absolute atomic E-state index is 0.109. The highest BCUT2D eigenvalue weighted by Gasteiger charge is 2.25. The maximum atomic E-state index is 9.40. The molecule has 1 atom stereocenters. The van der Waals surface area contributed by atoms with Gasteiger partial charge in [0, 0.05) is 31.5 Å². The van der Waals surface area contributed by atoms with Gasteiger partial charge < -0.3 is 16.4 Å². The van der Waals surface area contributed by atoms with Crippen LogP contribution in [0.3, 0.4) is 0 Å². The molecule has 0 aromatic carbocycles. The third kappa shape index (κ3) is 2.41. The first kappa shape index (κ1) is 13.4. The van der Waals surface area contributed by atoms with Gasteiger partial charge in [0.25, 0.3) is 0 Å². The molecule has 1 fully saturated rings. The topological polar surface area (TPSA) is 110 Å². The summed E-state index contributed by atoms with van der Waals surface area (Å²) in [5.41, 5.74) is 13.3. The van der Waals surface area contributed by atoms with Crippen LogP contribution in [0.15, 0.2) is 24.5 Å². The summed E-state index contributed by atoms with van der Waals surface area (Å²) in [5.74, 6) is 0.958. The Morgan fingerprint density at radius 1 is 1.33 bits per heavy atom. The second-order valence-electron chi connectivity index (χ2n) is 5.16. The van der Waals surface area contributed by atoms with Gasteiger partial charge in [0.05, 0.1) is 5.69 Å². The molecule has 0 amide bonds. The fourth-order valence-corrected chi connectivity index (χ4v) is 2.63. The third-order valence-electron chi connectivity index (χ3n) is 3.68. The molecule has 1 aliphatic heterocycles. The molecule has 1 unspecified atom stereocenters. The molecule has 2 aromatic heterocycles. The summed E-state index contributed by atoms with van der Waals surface area (Å²) < 4.78 is 1.58. The minimum Gasteiger partial charge on any atom is -0.382 e. The van der Waals surface area contributed by atoms with E-state index in [1.807, 2.05) is 4.90 Å². The molecule has 0 spiro atoms. The van der Waals surface area contributed by atoms with Crippen molar-refractivity contribution < 1.29 is 0 Å². The molecule has 7 nitrogen and oxygen atoms in total. The van der Waals surface area contributed by atoms with Gasteiger partial charge in [-0.3, -0.25) is 4.98 Å². The Morgan fingerprint density at radius 2 is 2.10 bits per heavy atom. The number of rotatable bonds is 2. The molecule has 1 aliphatic rings. The first-order chi connectivity index (χ1) is 10.2. The van der Waals surface area contributed by atoms with Gasteiger partial charge in [-0.15, -0.1) is 5.10 Å². The number of hydrogen-bond acceptors (Lipinski definition) is 6. The molecular weight excluding hydrogens is 266 g/mol. The Balaban J connectivity index is 2.04. The molecule has 0 bridgehead atoms. The lowest BCUT2D eigenvalue weighted by Crippen LogP contribution is -2.43. The molecule has 1 saturated heterocycles. The van der Waals surface area contributed by atoms with E-state index in [0.29, 0.717) is 23.7 Å². The summed E-state index contributed by atoms with van der Waals surface area (Å²) >= 11 is 0. The SMILES string of the molecule is N#Cc1c(N2CCCC(N)C2)nn(-c2ccncc2)c1N. The summed E-state index contributed by atoms with van der Waals surface area (Å²) in [6, 6.07) is 5.87. The average molecular weight is 283 g/mol. The van der Waals surface area contributed by atoms with Crippen molar-refractivity contribution in [3.8, 4) is 11.8 Å². The molecular formula is C14H17N7. The smallest absolute Gasteiger partial charge is 0.171 e. The standard InChI is InChI=1S/C14H17N7/c15-8-12-13(17)21(11-3-5-18-6-4-11)19-14(12)20-7-1-2-10(16)9-20/h3-6,10H,1-2,7,9,16-17H2. The molecule has 0 saturated carbocycles. The Labute approximate surface area is 122 Å². The highest BCUT2D eigenvalue weighted by molar-refractivity contribution is 5.67. The number of aromatic nitrogens is 3. The fourth-order valence-electron chi connectivity index (χ4n) is 2.63. The Hall–Kier alpha value is -2.59. The molecule has 0 aliphatic carbocycles. The quantitative estimate of drug-likeness (QED) is 0.837. The van der Waals surface area contributed by atoms with Crippen LogP contribution in [0.25, 0.3) is 5.69 Å². The molecule has 3 heterocycles. The molecule has 2 aromatic rings. The number of anilines is 2. The van der Waals surface area contributed by atoms with E-state index in [4.69, 9.17) is 11.5 Å². The van der Waals surface area contributed by atoms with Crippen molar-refractivity contribution in [3.05, 3.63) is 30.1 Å². The van der Waals surface area contributed by atoms with Gasteiger partial charge in [0.2, 0.25) is 0 Å². The zero-order valence-electron chi connectivity index (χ0n) is 11.6. The van der Waals surface area contributed by atoms with E-state index in [9.17, 15) is 5.26 Å². The highest BCUT2D eigenvalue weighted by atomic mass is 15.4.